The molecule has 9 nitrogen and oxygen atoms in total. The summed E-state index contributed by atoms with van der Waals surface area (Å²) in [5.41, 5.74) is 2.10. The number of ether oxygens (including phenoxy) is 2. The predicted molar refractivity (Wildman–Crippen MR) is 91.7 cm³/mol. The summed E-state index contributed by atoms with van der Waals surface area (Å²) in [6.07, 6.45) is 0.585. The van der Waals surface area contributed by atoms with Gasteiger partial charge in [-0.15, -0.1) is 11.3 Å². The van der Waals surface area contributed by atoms with E-state index in [0.717, 1.165) is 11.3 Å². The lowest BCUT2D eigenvalue weighted by molar-refractivity contribution is -0.147. The van der Waals surface area contributed by atoms with E-state index in [1.165, 1.54) is 18.4 Å². The summed E-state index contributed by atoms with van der Waals surface area (Å²) in [5, 5.41) is 8.29. The van der Waals surface area contributed by atoms with Gasteiger partial charge in [0.05, 0.1) is 24.9 Å². The maximum atomic E-state index is 11.8. The van der Waals surface area contributed by atoms with Crippen LogP contribution in [-0.2, 0) is 36.7 Å². The van der Waals surface area contributed by atoms with Crippen LogP contribution in [0.1, 0.15) is 29.1 Å². The SMILES string of the molecule is COC(=O)Cc1csc(NC(=O)COC(=O)CCc2c(C)noc2C)n1. The van der Waals surface area contributed by atoms with E-state index in [2.05, 4.69) is 20.2 Å². The molecule has 0 aliphatic carbocycles. The molecule has 0 aromatic carbocycles. The lowest BCUT2D eigenvalue weighted by Gasteiger charge is -2.04. The van der Waals surface area contributed by atoms with Gasteiger partial charge in [0.1, 0.15) is 5.76 Å². The number of methoxy groups -OCH3 is 1. The Labute approximate surface area is 153 Å². The third-order valence-corrected chi connectivity index (χ3v) is 4.28. The summed E-state index contributed by atoms with van der Waals surface area (Å²) in [7, 11) is 1.29. The molecule has 0 saturated heterocycles. The van der Waals surface area contributed by atoms with Crippen molar-refractivity contribution in [1.82, 2.24) is 10.1 Å². The molecule has 140 valence electrons. The highest BCUT2D eigenvalue weighted by Crippen LogP contribution is 2.16. The minimum Gasteiger partial charge on any atom is -0.469 e. The standard InChI is InChI=1S/C16H19N3O6S/c1-9-12(10(2)25-19-9)4-5-14(21)24-7-13(20)18-16-17-11(8-26-16)6-15(22)23-3/h8H,4-7H2,1-3H3,(H,17,18,20). The molecule has 0 radical (unpaired) electrons. The zero-order chi connectivity index (χ0) is 19.1. The highest BCUT2D eigenvalue weighted by molar-refractivity contribution is 7.13. The number of aryl methyl sites for hydroxylation is 2. The number of rotatable bonds is 8. The molecule has 2 aromatic heterocycles. The topological polar surface area (TPSA) is 121 Å². The van der Waals surface area contributed by atoms with Gasteiger partial charge in [0.2, 0.25) is 0 Å². The predicted octanol–water partition coefficient (Wildman–Crippen LogP) is 1.58. The summed E-state index contributed by atoms with van der Waals surface area (Å²) < 4.78 is 14.5. The smallest absolute Gasteiger partial charge is 0.311 e. The minimum absolute atomic E-state index is 0.0273. The van der Waals surface area contributed by atoms with Crippen LogP contribution in [0.4, 0.5) is 5.13 Å². The van der Waals surface area contributed by atoms with Gasteiger partial charge < -0.3 is 14.0 Å². The van der Waals surface area contributed by atoms with Gasteiger partial charge in [-0.05, 0) is 20.3 Å². The van der Waals surface area contributed by atoms with Crippen LogP contribution >= 0.6 is 11.3 Å². The second kappa shape index (κ2) is 9.09. The molecular formula is C16H19N3O6S. The van der Waals surface area contributed by atoms with Crippen molar-refractivity contribution in [3.05, 3.63) is 28.1 Å². The number of thiazole rings is 1. The van der Waals surface area contributed by atoms with E-state index in [-0.39, 0.29) is 12.8 Å². The van der Waals surface area contributed by atoms with E-state index in [1.54, 1.807) is 19.2 Å². The Morgan fingerprint density at radius 1 is 1.27 bits per heavy atom. The first-order valence-corrected chi connectivity index (χ1v) is 8.65. The largest absolute Gasteiger partial charge is 0.469 e. The van der Waals surface area contributed by atoms with Gasteiger partial charge in [-0.3, -0.25) is 19.7 Å². The van der Waals surface area contributed by atoms with Crippen molar-refractivity contribution in [2.45, 2.75) is 33.1 Å². The quantitative estimate of drug-likeness (QED) is 0.684. The number of carbonyl (C=O) groups is 3. The molecule has 0 bridgehead atoms. The molecule has 1 amide bonds. The molecule has 0 spiro atoms. The first-order chi connectivity index (χ1) is 12.4. The molecule has 26 heavy (non-hydrogen) atoms. The number of aromatic nitrogens is 2. The normalized spacial score (nSPS) is 10.4. The molecule has 10 heteroatoms. The van der Waals surface area contributed by atoms with Crippen molar-refractivity contribution < 1.29 is 28.4 Å². The summed E-state index contributed by atoms with van der Waals surface area (Å²) in [6.45, 7) is 3.16. The monoisotopic (exact) mass is 381 g/mol. The molecule has 0 unspecified atom stereocenters. The molecule has 2 rings (SSSR count). The molecule has 0 aliphatic heterocycles. The number of hydrogen-bond donors (Lipinski definition) is 1. The summed E-state index contributed by atoms with van der Waals surface area (Å²) >= 11 is 1.17. The third kappa shape index (κ3) is 5.66. The van der Waals surface area contributed by atoms with Crippen molar-refractivity contribution in [2.24, 2.45) is 0 Å². The second-order valence-electron chi connectivity index (χ2n) is 5.41. The van der Waals surface area contributed by atoms with Gasteiger partial charge in [0, 0.05) is 17.4 Å². The van der Waals surface area contributed by atoms with E-state index in [1.807, 2.05) is 0 Å². The van der Waals surface area contributed by atoms with Crippen molar-refractivity contribution >= 4 is 34.3 Å². The fourth-order valence-electron chi connectivity index (χ4n) is 2.13. The van der Waals surface area contributed by atoms with E-state index >= 15 is 0 Å². The summed E-state index contributed by atoms with van der Waals surface area (Å²) in [5.74, 6) is -0.750. The Morgan fingerprint density at radius 3 is 2.69 bits per heavy atom. The average Bonchev–Trinajstić information content (AvgIpc) is 3.17. The van der Waals surface area contributed by atoms with Crippen LogP contribution in [0.25, 0.3) is 0 Å². The summed E-state index contributed by atoms with van der Waals surface area (Å²) in [6, 6.07) is 0. The zero-order valence-electron chi connectivity index (χ0n) is 14.7. The van der Waals surface area contributed by atoms with Gasteiger partial charge in [-0.2, -0.15) is 0 Å². The molecule has 1 N–H and O–H groups in total. The number of amides is 1. The van der Waals surface area contributed by atoms with E-state index in [9.17, 15) is 14.4 Å². The molecule has 2 heterocycles. The van der Waals surface area contributed by atoms with Crippen LogP contribution in [0.15, 0.2) is 9.90 Å². The lowest BCUT2D eigenvalue weighted by Crippen LogP contribution is -2.21. The van der Waals surface area contributed by atoms with E-state index in [0.29, 0.717) is 23.0 Å². The lowest BCUT2D eigenvalue weighted by atomic mass is 10.1. The molecule has 0 saturated carbocycles. The van der Waals surface area contributed by atoms with E-state index in [4.69, 9.17) is 9.26 Å². The van der Waals surface area contributed by atoms with Gasteiger partial charge in [-0.25, -0.2) is 4.98 Å². The Balaban J connectivity index is 1.73. The first-order valence-electron chi connectivity index (χ1n) is 7.77. The molecular weight excluding hydrogens is 362 g/mol. The van der Waals surface area contributed by atoms with Crippen LogP contribution in [0.3, 0.4) is 0 Å². The maximum Gasteiger partial charge on any atom is 0.311 e. The van der Waals surface area contributed by atoms with Crippen LogP contribution < -0.4 is 5.32 Å². The summed E-state index contributed by atoms with van der Waals surface area (Å²) in [4.78, 5) is 38.8. The van der Waals surface area contributed by atoms with Crippen LogP contribution in [-0.4, -0.2) is 41.7 Å². The zero-order valence-corrected chi connectivity index (χ0v) is 15.5. The van der Waals surface area contributed by atoms with Crippen molar-refractivity contribution in [1.29, 1.82) is 0 Å². The third-order valence-electron chi connectivity index (χ3n) is 3.48. The van der Waals surface area contributed by atoms with Crippen LogP contribution in [0, 0.1) is 13.8 Å². The number of hydrogen-bond acceptors (Lipinski definition) is 9. The Morgan fingerprint density at radius 2 is 2.04 bits per heavy atom. The maximum absolute atomic E-state index is 11.8. The fraction of sp³-hybridized carbons (Fsp3) is 0.438. The highest BCUT2D eigenvalue weighted by atomic mass is 32.1. The molecule has 0 aliphatic rings. The van der Waals surface area contributed by atoms with Crippen molar-refractivity contribution in [2.75, 3.05) is 19.0 Å². The number of esters is 2. The average molecular weight is 381 g/mol. The second-order valence-corrected chi connectivity index (χ2v) is 6.27. The Hall–Kier alpha value is -2.75. The van der Waals surface area contributed by atoms with Crippen LogP contribution in [0.2, 0.25) is 0 Å². The molecule has 0 atom stereocenters. The molecule has 0 fully saturated rings. The van der Waals surface area contributed by atoms with Gasteiger partial charge in [0.15, 0.2) is 11.7 Å². The Bertz CT molecular complexity index is 778. The van der Waals surface area contributed by atoms with Gasteiger partial charge >= 0.3 is 11.9 Å². The highest BCUT2D eigenvalue weighted by Gasteiger charge is 2.14. The fourth-order valence-corrected chi connectivity index (χ4v) is 2.85. The number of carbonyl (C=O) groups excluding carboxylic acids is 3. The number of nitrogens with one attached hydrogen (secondary N) is 1. The Kier molecular flexibility index (Phi) is 6.84. The minimum atomic E-state index is -0.505. The van der Waals surface area contributed by atoms with Gasteiger partial charge in [-0.1, -0.05) is 5.16 Å². The van der Waals surface area contributed by atoms with Gasteiger partial charge in [0.25, 0.3) is 5.91 Å². The number of nitrogens with zero attached hydrogens (tertiary/aromatic N) is 2. The van der Waals surface area contributed by atoms with Crippen molar-refractivity contribution in [3.63, 3.8) is 0 Å². The van der Waals surface area contributed by atoms with Crippen molar-refractivity contribution in [3.8, 4) is 0 Å². The van der Waals surface area contributed by atoms with E-state index < -0.39 is 24.5 Å². The number of anilines is 1. The first kappa shape index (κ1) is 19.6. The van der Waals surface area contributed by atoms with Crippen LogP contribution in [0.5, 0.6) is 0 Å². The molecule has 2 aromatic rings.